The molecule has 18 nitrogen and oxygen atoms in total. The molecule has 2 fully saturated rings. The van der Waals surface area contributed by atoms with Gasteiger partial charge < -0.3 is 40.7 Å². The van der Waals surface area contributed by atoms with Gasteiger partial charge in [-0.25, -0.2) is 4.98 Å². The van der Waals surface area contributed by atoms with E-state index < -0.39 is 24.5 Å². The number of tetrazole rings is 1. The number of nitrogens with zero attached hydrogens (tertiary/aromatic N) is 10. The second-order valence-electron chi connectivity index (χ2n) is 13.2. The zero-order valence-corrected chi connectivity index (χ0v) is 29.1. The molecule has 4 unspecified atom stereocenters. The standard InChI is InChI=1S/C36H38N12O6/c1-2-48-44-32(43-45-48)30-28(51)29(52)35(54-30)47-19-39-27-31(38-17-26(20-3-7-24(49)8-4-20)21-5-9-25(50)10-6-21)41-36(42-33(27)47)46-16-13-23(18-46)40-34(53)22-11-14-37-15-12-22/h3-12,14-15,19,23,26,28-30,35,49-52H,2,13,16-18H2,1H3,(H,40,53)(H,38,41,42)/t23-,28?,29?,30?,35?/m1/s1. The predicted molar refractivity (Wildman–Crippen MR) is 193 cm³/mol. The number of carbonyl (C=O) groups is 1. The number of carbonyl (C=O) groups excluding carboxylic acids is 1. The molecule has 18 heteroatoms. The van der Waals surface area contributed by atoms with E-state index in [4.69, 9.17) is 14.7 Å². The Morgan fingerprint density at radius 3 is 2.33 bits per heavy atom. The quantitative estimate of drug-likeness (QED) is 0.112. The van der Waals surface area contributed by atoms with Crippen LogP contribution in [-0.2, 0) is 11.3 Å². The van der Waals surface area contributed by atoms with Gasteiger partial charge in [-0.05, 0) is 66.1 Å². The Labute approximate surface area is 308 Å². The highest BCUT2D eigenvalue weighted by molar-refractivity contribution is 5.94. The molecule has 6 heterocycles. The van der Waals surface area contributed by atoms with E-state index in [0.717, 1.165) is 11.1 Å². The van der Waals surface area contributed by atoms with Crippen molar-refractivity contribution in [2.24, 2.45) is 0 Å². The maximum absolute atomic E-state index is 12.9. The van der Waals surface area contributed by atoms with Crippen molar-refractivity contribution < 1.29 is 30.0 Å². The van der Waals surface area contributed by atoms with Crippen LogP contribution in [0.25, 0.3) is 11.2 Å². The van der Waals surface area contributed by atoms with E-state index in [1.54, 1.807) is 53.4 Å². The predicted octanol–water partition coefficient (Wildman–Crippen LogP) is 1.88. The molecule has 54 heavy (non-hydrogen) atoms. The first kappa shape index (κ1) is 34.8. The number of phenolic OH excluding ortho intramolecular Hbond substituents is 2. The molecule has 0 radical (unpaired) electrons. The van der Waals surface area contributed by atoms with Gasteiger partial charge in [0.05, 0.1) is 12.9 Å². The number of aliphatic hydroxyl groups is 2. The first-order chi connectivity index (χ1) is 26.2. The molecule has 2 aromatic carbocycles. The zero-order chi connectivity index (χ0) is 37.3. The van der Waals surface area contributed by atoms with Crippen molar-refractivity contribution in [2.45, 2.75) is 56.4 Å². The largest absolute Gasteiger partial charge is 0.508 e. The van der Waals surface area contributed by atoms with Crippen LogP contribution in [0.5, 0.6) is 11.5 Å². The van der Waals surface area contributed by atoms with Crippen molar-refractivity contribution >= 4 is 28.8 Å². The fourth-order valence-electron chi connectivity index (χ4n) is 6.83. The summed E-state index contributed by atoms with van der Waals surface area (Å²) in [6, 6.07) is 17.0. The number of aromatic hydroxyl groups is 2. The maximum Gasteiger partial charge on any atom is 0.251 e. The number of imidazole rings is 1. The number of aryl methyl sites for hydroxylation is 1. The summed E-state index contributed by atoms with van der Waals surface area (Å²) in [5, 5.41) is 61.1. The molecule has 2 aliphatic rings. The lowest BCUT2D eigenvalue weighted by Gasteiger charge is -2.22. The second-order valence-corrected chi connectivity index (χ2v) is 13.2. The molecule has 2 aliphatic heterocycles. The van der Waals surface area contributed by atoms with Gasteiger partial charge in [-0.15, -0.1) is 10.2 Å². The highest BCUT2D eigenvalue weighted by Gasteiger charge is 2.47. The minimum atomic E-state index is -1.39. The van der Waals surface area contributed by atoms with Gasteiger partial charge in [0.1, 0.15) is 23.7 Å². The van der Waals surface area contributed by atoms with Crippen LogP contribution in [0, 0.1) is 0 Å². The van der Waals surface area contributed by atoms with Crippen molar-refractivity contribution in [3.8, 4) is 11.5 Å². The van der Waals surface area contributed by atoms with Gasteiger partial charge in [-0.1, -0.05) is 24.3 Å². The Morgan fingerprint density at radius 1 is 0.963 bits per heavy atom. The Bertz CT molecular complexity index is 2190. The molecule has 0 aliphatic carbocycles. The van der Waals surface area contributed by atoms with Gasteiger partial charge in [0, 0.05) is 49.6 Å². The molecule has 2 saturated heterocycles. The van der Waals surface area contributed by atoms with E-state index in [0.29, 0.717) is 61.1 Å². The van der Waals surface area contributed by atoms with E-state index in [-0.39, 0.29) is 35.2 Å². The smallest absolute Gasteiger partial charge is 0.251 e. The van der Waals surface area contributed by atoms with Crippen molar-refractivity contribution in [1.29, 1.82) is 0 Å². The van der Waals surface area contributed by atoms with Gasteiger partial charge in [-0.3, -0.25) is 14.3 Å². The molecule has 0 saturated carbocycles. The molecule has 8 rings (SSSR count). The SMILES string of the molecule is CCn1nnc(C2OC(n3cnc4c(NCC(c5ccc(O)cc5)c5ccc(O)cc5)nc(N5CC[C@@H](NC(=O)c6ccncc6)C5)nc43)C(O)C2O)n1. The Morgan fingerprint density at radius 2 is 1.67 bits per heavy atom. The summed E-state index contributed by atoms with van der Waals surface area (Å²) in [5.41, 5.74) is 3.05. The molecule has 278 valence electrons. The third-order valence-corrected chi connectivity index (χ3v) is 9.74. The number of benzene rings is 2. The lowest BCUT2D eigenvalue weighted by atomic mass is 9.91. The number of aromatic nitrogens is 9. The van der Waals surface area contributed by atoms with Crippen LogP contribution in [-0.4, -0.2) is 109 Å². The fourth-order valence-corrected chi connectivity index (χ4v) is 6.83. The lowest BCUT2D eigenvalue weighted by molar-refractivity contribution is -0.0384. The molecular formula is C36H38N12O6. The summed E-state index contributed by atoms with van der Waals surface area (Å²) in [5.74, 6) is 0.733. The first-order valence-corrected chi connectivity index (χ1v) is 17.6. The van der Waals surface area contributed by atoms with Crippen LogP contribution in [0.2, 0.25) is 0 Å². The van der Waals surface area contributed by atoms with Gasteiger partial charge in [0.15, 0.2) is 29.3 Å². The Kier molecular flexibility index (Phi) is 9.45. The van der Waals surface area contributed by atoms with E-state index in [1.807, 2.05) is 36.1 Å². The summed E-state index contributed by atoms with van der Waals surface area (Å²) < 4.78 is 7.74. The monoisotopic (exact) mass is 734 g/mol. The van der Waals surface area contributed by atoms with Crippen LogP contribution < -0.4 is 15.5 Å². The number of aliphatic hydroxyl groups excluding tert-OH is 2. The summed E-state index contributed by atoms with van der Waals surface area (Å²) in [6.45, 7) is 3.63. The van der Waals surface area contributed by atoms with Gasteiger partial charge >= 0.3 is 0 Å². The number of fused-ring (bicyclic) bond motifs is 1. The molecule has 6 aromatic rings. The number of pyridine rings is 1. The third-order valence-electron chi connectivity index (χ3n) is 9.74. The minimum Gasteiger partial charge on any atom is -0.508 e. The topological polar surface area (TPSA) is 235 Å². The number of rotatable bonds is 11. The number of nitrogens with one attached hydrogen (secondary N) is 2. The normalized spacial score (nSPS) is 21.3. The van der Waals surface area contributed by atoms with Crippen molar-refractivity contribution in [1.82, 2.24) is 50.0 Å². The fraction of sp³-hybridized carbons (Fsp3) is 0.333. The molecule has 6 N–H and O–H groups in total. The number of phenols is 2. The van der Waals surface area contributed by atoms with Crippen LogP contribution in [0.3, 0.4) is 0 Å². The number of amides is 1. The van der Waals surface area contributed by atoms with Crippen LogP contribution in [0.4, 0.5) is 11.8 Å². The minimum absolute atomic E-state index is 0.138. The molecule has 4 aromatic heterocycles. The maximum atomic E-state index is 12.9. The molecule has 1 amide bonds. The first-order valence-electron chi connectivity index (χ1n) is 17.6. The molecule has 0 bridgehead atoms. The van der Waals surface area contributed by atoms with Crippen LogP contribution in [0.15, 0.2) is 79.4 Å². The summed E-state index contributed by atoms with van der Waals surface area (Å²) in [7, 11) is 0. The third kappa shape index (κ3) is 6.84. The Balaban J connectivity index is 1.13. The summed E-state index contributed by atoms with van der Waals surface area (Å²) >= 11 is 0. The molecular weight excluding hydrogens is 696 g/mol. The number of hydrogen-bond acceptors (Lipinski definition) is 15. The highest BCUT2D eigenvalue weighted by atomic mass is 16.6. The lowest BCUT2D eigenvalue weighted by Crippen LogP contribution is -2.37. The van der Waals surface area contributed by atoms with Crippen molar-refractivity contribution in [3.63, 3.8) is 0 Å². The average Bonchev–Trinajstić information content (AvgIpc) is 4.01. The van der Waals surface area contributed by atoms with Gasteiger partial charge in [0.2, 0.25) is 11.8 Å². The van der Waals surface area contributed by atoms with Crippen molar-refractivity contribution in [3.05, 3.63) is 102 Å². The van der Waals surface area contributed by atoms with E-state index in [9.17, 15) is 25.2 Å². The zero-order valence-electron chi connectivity index (χ0n) is 29.1. The van der Waals surface area contributed by atoms with Gasteiger partial charge in [0.25, 0.3) is 5.91 Å². The number of ether oxygens (including phenoxy) is 1. The van der Waals surface area contributed by atoms with Gasteiger partial charge in [-0.2, -0.15) is 14.8 Å². The Hall–Kier alpha value is -6.24. The van der Waals surface area contributed by atoms with E-state index >= 15 is 0 Å². The summed E-state index contributed by atoms with van der Waals surface area (Å²) in [4.78, 5) is 34.8. The second kappa shape index (κ2) is 14.6. The van der Waals surface area contributed by atoms with Crippen molar-refractivity contribution in [2.75, 3.05) is 29.9 Å². The van der Waals surface area contributed by atoms with E-state index in [1.165, 1.54) is 11.1 Å². The molecule has 0 spiro atoms. The number of hydrogen-bond donors (Lipinski definition) is 6. The average molecular weight is 735 g/mol. The van der Waals surface area contributed by atoms with Crippen LogP contribution >= 0.6 is 0 Å². The van der Waals surface area contributed by atoms with E-state index in [2.05, 4.69) is 36.0 Å². The highest BCUT2D eigenvalue weighted by Crippen LogP contribution is 2.39. The number of anilines is 2. The van der Waals surface area contributed by atoms with Crippen LogP contribution in [0.1, 0.15) is 58.9 Å². The summed E-state index contributed by atoms with van der Waals surface area (Å²) in [6.07, 6.45) is 0.363. The molecule has 5 atom stereocenters.